The Labute approximate surface area is 139 Å². The van der Waals surface area contributed by atoms with Crippen LogP contribution in [0, 0.1) is 0 Å². The van der Waals surface area contributed by atoms with Gasteiger partial charge in [-0.15, -0.1) is 0 Å². The summed E-state index contributed by atoms with van der Waals surface area (Å²) in [5.41, 5.74) is 0. The topological polar surface area (TPSA) is 32.8 Å². The number of hydrogen-bond acceptors (Lipinski definition) is 3. The molecule has 1 aromatic rings. The molecule has 0 bridgehead atoms. The number of ether oxygens (including phenoxy) is 1. The molecule has 1 heterocycles. The Morgan fingerprint density at radius 3 is 2.57 bits per heavy atom. The van der Waals surface area contributed by atoms with Crippen LogP contribution in [0.1, 0.15) is 38.5 Å². The third-order valence-electron chi connectivity index (χ3n) is 5.05. The van der Waals surface area contributed by atoms with Gasteiger partial charge in [0.05, 0.1) is 13.0 Å². The first-order chi connectivity index (χ1) is 11.3. The highest BCUT2D eigenvalue weighted by molar-refractivity contribution is 5.76. The number of amides is 1. The summed E-state index contributed by atoms with van der Waals surface area (Å²) in [5.74, 6) is 1.07. The van der Waals surface area contributed by atoms with Gasteiger partial charge in [0.15, 0.2) is 0 Å². The molecule has 1 aromatic carbocycles. The lowest BCUT2D eigenvalue weighted by Gasteiger charge is -2.27. The van der Waals surface area contributed by atoms with Crippen molar-refractivity contribution < 1.29 is 9.53 Å². The van der Waals surface area contributed by atoms with Crippen molar-refractivity contribution in [3.8, 4) is 5.75 Å². The van der Waals surface area contributed by atoms with Crippen LogP contribution in [0.5, 0.6) is 5.75 Å². The quantitative estimate of drug-likeness (QED) is 0.837. The number of carbonyl (C=O) groups is 1. The fraction of sp³-hybridized carbons (Fsp3) is 0.632. The Hall–Kier alpha value is -1.55. The van der Waals surface area contributed by atoms with Crippen molar-refractivity contribution in [2.24, 2.45) is 0 Å². The Balaban J connectivity index is 1.41. The predicted molar refractivity (Wildman–Crippen MR) is 91.6 cm³/mol. The summed E-state index contributed by atoms with van der Waals surface area (Å²) in [6.07, 6.45) is 7.01. The minimum atomic E-state index is 0.231. The smallest absolute Gasteiger partial charge is 0.226 e. The summed E-state index contributed by atoms with van der Waals surface area (Å²) in [6, 6.07) is 10.5. The number of carbonyl (C=O) groups excluding carboxylic acids is 1. The normalized spacial score (nSPS) is 20.4. The van der Waals surface area contributed by atoms with E-state index in [1.54, 1.807) is 0 Å². The number of benzene rings is 1. The third kappa shape index (κ3) is 4.71. The maximum atomic E-state index is 12.4. The van der Waals surface area contributed by atoms with Crippen molar-refractivity contribution in [1.29, 1.82) is 0 Å². The van der Waals surface area contributed by atoms with Gasteiger partial charge in [0.1, 0.15) is 5.75 Å². The second kappa shape index (κ2) is 8.34. The van der Waals surface area contributed by atoms with Crippen LogP contribution in [0.25, 0.3) is 0 Å². The molecule has 1 aliphatic carbocycles. The lowest BCUT2D eigenvalue weighted by molar-refractivity contribution is -0.131. The standard InChI is InChI=1S/C19H28N2O2/c22-19(11-16-23-18-9-2-1-3-10-18)21-13-6-12-20(14-15-21)17-7-4-5-8-17/h1-3,9-10,17H,4-8,11-16H2. The van der Waals surface area contributed by atoms with Crippen LogP contribution < -0.4 is 4.74 Å². The molecule has 4 heteroatoms. The largest absolute Gasteiger partial charge is 0.493 e. The van der Waals surface area contributed by atoms with Crippen LogP contribution in [0.2, 0.25) is 0 Å². The van der Waals surface area contributed by atoms with E-state index in [9.17, 15) is 4.79 Å². The van der Waals surface area contributed by atoms with Gasteiger partial charge < -0.3 is 9.64 Å². The molecule has 1 saturated carbocycles. The van der Waals surface area contributed by atoms with Crippen molar-refractivity contribution in [2.45, 2.75) is 44.6 Å². The highest BCUT2D eigenvalue weighted by Crippen LogP contribution is 2.24. The van der Waals surface area contributed by atoms with Gasteiger partial charge in [0.2, 0.25) is 5.91 Å². The highest BCUT2D eigenvalue weighted by Gasteiger charge is 2.25. The van der Waals surface area contributed by atoms with Gasteiger partial charge in [0.25, 0.3) is 0 Å². The lowest BCUT2D eigenvalue weighted by atomic mass is 10.2. The SMILES string of the molecule is O=C(CCOc1ccccc1)N1CCCN(C2CCCC2)CC1. The molecule has 126 valence electrons. The van der Waals surface area contributed by atoms with Crippen molar-refractivity contribution in [3.05, 3.63) is 30.3 Å². The van der Waals surface area contributed by atoms with Gasteiger partial charge in [0, 0.05) is 32.2 Å². The van der Waals surface area contributed by atoms with E-state index in [1.807, 2.05) is 35.2 Å². The van der Waals surface area contributed by atoms with E-state index in [4.69, 9.17) is 4.74 Å². The first-order valence-electron chi connectivity index (χ1n) is 9.02. The highest BCUT2D eigenvalue weighted by atomic mass is 16.5. The van der Waals surface area contributed by atoms with Crippen molar-refractivity contribution in [3.63, 3.8) is 0 Å². The second-order valence-electron chi connectivity index (χ2n) is 6.62. The maximum Gasteiger partial charge on any atom is 0.226 e. The second-order valence-corrected chi connectivity index (χ2v) is 6.62. The van der Waals surface area contributed by atoms with Crippen LogP contribution in [0.3, 0.4) is 0 Å². The molecule has 0 aromatic heterocycles. The first kappa shape index (κ1) is 16.3. The fourth-order valence-electron chi connectivity index (χ4n) is 3.75. The summed E-state index contributed by atoms with van der Waals surface area (Å²) in [4.78, 5) is 17.0. The Kier molecular flexibility index (Phi) is 5.92. The van der Waals surface area contributed by atoms with Crippen LogP contribution in [0.4, 0.5) is 0 Å². The van der Waals surface area contributed by atoms with Crippen molar-refractivity contribution >= 4 is 5.91 Å². The molecule has 2 fully saturated rings. The number of hydrogen-bond donors (Lipinski definition) is 0. The van der Waals surface area contributed by atoms with Crippen LogP contribution in [-0.4, -0.2) is 54.5 Å². The van der Waals surface area contributed by atoms with E-state index < -0.39 is 0 Å². The Bertz CT molecular complexity index is 485. The molecule has 1 aliphatic heterocycles. The van der Waals surface area contributed by atoms with Gasteiger partial charge in [-0.05, 0) is 31.4 Å². The summed E-state index contributed by atoms with van der Waals surface area (Å²) in [6.45, 7) is 4.42. The third-order valence-corrected chi connectivity index (χ3v) is 5.05. The van der Waals surface area contributed by atoms with Gasteiger partial charge >= 0.3 is 0 Å². The van der Waals surface area contributed by atoms with Crippen molar-refractivity contribution in [1.82, 2.24) is 9.80 Å². The Morgan fingerprint density at radius 2 is 1.78 bits per heavy atom. The molecule has 0 unspecified atom stereocenters. The van der Waals surface area contributed by atoms with Crippen molar-refractivity contribution in [2.75, 3.05) is 32.8 Å². The van der Waals surface area contributed by atoms with Gasteiger partial charge in [-0.1, -0.05) is 31.0 Å². The number of nitrogens with zero attached hydrogens (tertiary/aromatic N) is 2. The summed E-state index contributed by atoms with van der Waals surface area (Å²) in [5, 5.41) is 0. The van der Waals surface area contributed by atoms with E-state index in [0.717, 1.165) is 44.4 Å². The summed E-state index contributed by atoms with van der Waals surface area (Å²) >= 11 is 0. The molecule has 1 amide bonds. The zero-order chi connectivity index (χ0) is 15.9. The van der Waals surface area contributed by atoms with Gasteiger partial charge in [-0.3, -0.25) is 9.69 Å². The fourth-order valence-corrected chi connectivity index (χ4v) is 3.75. The summed E-state index contributed by atoms with van der Waals surface area (Å²) < 4.78 is 5.64. The molecule has 0 spiro atoms. The van der Waals surface area contributed by atoms with Gasteiger partial charge in [-0.25, -0.2) is 0 Å². The number of rotatable bonds is 5. The van der Waals surface area contributed by atoms with E-state index >= 15 is 0 Å². The molecule has 3 rings (SSSR count). The monoisotopic (exact) mass is 316 g/mol. The molecule has 23 heavy (non-hydrogen) atoms. The average molecular weight is 316 g/mol. The van der Waals surface area contributed by atoms with E-state index in [-0.39, 0.29) is 5.91 Å². The zero-order valence-corrected chi connectivity index (χ0v) is 14.0. The van der Waals surface area contributed by atoms with E-state index in [2.05, 4.69) is 4.90 Å². The van der Waals surface area contributed by atoms with Gasteiger partial charge in [-0.2, -0.15) is 0 Å². The van der Waals surface area contributed by atoms with Crippen LogP contribution in [0.15, 0.2) is 30.3 Å². The molecule has 2 aliphatic rings. The molecule has 0 radical (unpaired) electrons. The predicted octanol–water partition coefficient (Wildman–Crippen LogP) is 2.93. The molecule has 0 N–H and O–H groups in total. The molecule has 4 nitrogen and oxygen atoms in total. The molecule has 0 atom stereocenters. The zero-order valence-electron chi connectivity index (χ0n) is 14.0. The lowest BCUT2D eigenvalue weighted by Crippen LogP contribution is -2.38. The molecular formula is C19H28N2O2. The summed E-state index contributed by atoms with van der Waals surface area (Å²) in [7, 11) is 0. The van der Waals surface area contributed by atoms with Crippen LogP contribution in [-0.2, 0) is 4.79 Å². The molecule has 1 saturated heterocycles. The molecular weight excluding hydrogens is 288 g/mol. The maximum absolute atomic E-state index is 12.4. The Morgan fingerprint density at radius 1 is 1.00 bits per heavy atom. The minimum absolute atomic E-state index is 0.231. The number of para-hydroxylation sites is 1. The van der Waals surface area contributed by atoms with E-state index in [1.165, 1.54) is 25.7 Å². The van der Waals surface area contributed by atoms with Crippen LogP contribution >= 0.6 is 0 Å². The minimum Gasteiger partial charge on any atom is -0.493 e. The first-order valence-corrected chi connectivity index (χ1v) is 9.02. The van der Waals surface area contributed by atoms with E-state index in [0.29, 0.717) is 13.0 Å². The average Bonchev–Trinajstić information content (AvgIpc) is 3.00.